The van der Waals surface area contributed by atoms with Gasteiger partial charge in [-0.15, -0.1) is 24.0 Å². The fourth-order valence-corrected chi connectivity index (χ4v) is 2.53. The number of nitrogens with zero attached hydrogens (tertiary/aromatic N) is 3. The van der Waals surface area contributed by atoms with Gasteiger partial charge in [0.2, 0.25) is 5.88 Å². The van der Waals surface area contributed by atoms with Gasteiger partial charge in [-0.3, -0.25) is 4.99 Å². The minimum absolute atomic E-state index is 0. The number of benzene rings is 1. The van der Waals surface area contributed by atoms with Gasteiger partial charge in [0, 0.05) is 44.5 Å². The molecule has 1 aromatic carbocycles. The quantitative estimate of drug-likeness (QED) is 0.218. The van der Waals surface area contributed by atoms with Crippen molar-refractivity contribution in [1.29, 1.82) is 0 Å². The van der Waals surface area contributed by atoms with E-state index in [0.717, 1.165) is 17.3 Å². The molecule has 29 heavy (non-hydrogen) atoms. The van der Waals surface area contributed by atoms with Crippen LogP contribution < -0.4 is 14.8 Å². The summed E-state index contributed by atoms with van der Waals surface area (Å²) in [6, 6.07) is 11.2. The number of nitrogens with one attached hydrogen (secondary N) is 1. The molecule has 1 N–H and O–H groups in total. The average Bonchev–Trinajstić information content (AvgIpc) is 2.71. The maximum absolute atomic E-state index is 5.88. The number of rotatable bonds is 10. The Bertz CT molecular complexity index is 747. The molecular weight excluding hydrogens is 507 g/mol. The third kappa shape index (κ3) is 9.05. The molecule has 0 bridgehead atoms. The molecule has 0 aliphatic rings. The van der Waals surface area contributed by atoms with Crippen molar-refractivity contribution in [2.24, 2.45) is 4.99 Å². The Kier molecular flexibility index (Phi) is 12.4. The molecule has 1 aromatic heterocycles. The number of aliphatic imine (C=N–C) groups is 1. The maximum atomic E-state index is 5.88. The van der Waals surface area contributed by atoms with Crippen molar-refractivity contribution in [3.05, 3.63) is 53.2 Å². The molecule has 1 heterocycles. The van der Waals surface area contributed by atoms with Crippen LogP contribution in [0.3, 0.4) is 0 Å². The molecule has 0 fully saturated rings. The first-order chi connectivity index (χ1) is 13.6. The predicted molar refractivity (Wildman–Crippen MR) is 127 cm³/mol. The second-order valence-corrected chi connectivity index (χ2v) is 6.37. The molecule has 7 nitrogen and oxygen atoms in total. The topological polar surface area (TPSA) is 68.2 Å². The molecule has 0 saturated carbocycles. The summed E-state index contributed by atoms with van der Waals surface area (Å²) in [6.07, 6.45) is 1.71. The lowest BCUT2D eigenvalue weighted by atomic mass is 10.2. The zero-order valence-corrected chi connectivity index (χ0v) is 20.0. The largest absolute Gasteiger partial charge is 0.492 e. The van der Waals surface area contributed by atoms with Crippen LogP contribution in [0.2, 0.25) is 5.02 Å². The summed E-state index contributed by atoms with van der Waals surface area (Å²) in [6.45, 7) is 2.72. The Hall–Kier alpha value is -1.78. The average molecular weight is 535 g/mol. The molecule has 0 saturated heterocycles. The van der Waals surface area contributed by atoms with Gasteiger partial charge in [0.15, 0.2) is 5.96 Å². The fraction of sp³-hybridized carbons (Fsp3) is 0.400. The highest BCUT2D eigenvalue weighted by molar-refractivity contribution is 14.0. The molecular formula is C20H28ClIN4O3. The summed E-state index contributed by atoms with van der Waals surface area (Å²) >= 11 is 5.88. The number of likely N-dealkylation sites (N-methyl/N-ethyl adjacent to an activating group) is 1. The van der Waals surface area contributed by atoms with E-state index in [0.29, 0.717) is 43.8 Å². The van der Waals surface area contributed by atoms with Crippen LogP contribution in [0.25, 0.3) is 0 Å². The summed E-state index contributed by atoms with van der Waals surface area (Å²) < 4.78 is 16.4. The molecule has 9 heteroatoms. The minimum atomic E-state index is 0. The van der Waals surface area contributed by atoms with Crippen LogP contribution in [0.1, 0.15) is 5.56 Å². The molecule has 0 spiro atoms. The molecule has 2 rings (SSSR count). The van der Waals surface area contributed by atoms with Crippen LogP contribution in [0.5, 0.6) is 11.6 Å². The lowest BCUT2D eigenvalue weighted by Crippen LogP contribution is -2.40. The van der Waals surface area contributed by atoms with Crippen molar-refractivity contribution in [2.45, 2.75) is 6.54 Å². The van der Waals surface area contributed by atoms with Crippen LogP contribution in [-0.4, -0.2) is 63.4 Å². The monoisotopic (exact) mass is 534 g/mol. The fourth-order valence-electron chi connectivity index (χ4n) is 2.41. The van der Waals surface area contributed by atoms with Gasteiger partial charge in [0.1, 0.15) is 19.0 Å². The van der Waals surface area contributed by atoms with E-state index in [4.69, 9.17) is 25.8 Å². The number of aromatic nitrogens is 1. The first kappa shape index (κ1) is 25.3. The van der Waals surface area contributed by atoms with E-state index in [1.54, 1.807) is 32.5 Å². The van der Waals surface area contributed by atoms with E-state index >= 15 is 0 Å². The zero-order chi connectivity index (χ0) is 20.2. The van der Waals surface area contributed by atoms with Crippen molar-refractivity contribution in [2.75, 3.05) is 47.6 Å². The van der Waals surface area contributed by atoms with Gasteiger partial charge in [0.05, 0.1) is 13.2 Å². The number of ether oxygens (including phenoxy) is 3. The van der Waals surface area contributed by atoms with E-state index in [1.165, 1.54) is 0 Å². The Morgan fingerprint density at radius 2 is 1.90 bits per heavy atom. The number of halogens is 2. The third-order valence-corrected chi connectivity index (χ3v) is 4.15. The molecule has 2 aromatic rings. The summed E-state index contributed by atoms with van der Waals surface area (Å²) in [5, 5.41) is 4.01. The second-order valence-electron chi connectivity index (χ2n) is 5.93. The Balaban J connectivity index is 0.00000420. The highest BCUT2D eigenvalue weighted by atomic mass is 127. The van der Waals surface area contributed by atoms with Crippen molar-refractivity contribution in [3.63, 3.8) is 0 Å². The number of hydrogen-bond donors (Lipinski definition) is 1. The first-order valence-electron chi connectivity index (χ1n) is 8.99. The van der Waals surface area contributed by atoms with E-state index in [2.05, 4.69) is 15.3 Å². The van der Waals surface area contributed by atoms with Gasteiger partial charge in [-0.1, -0.05) is 17.7 Å². The molecule has 0 atom stereocenters. The van der Waals surface area contributed by atoms with Crippen LogP contribution in [0.4, 0.5) is 0 Å². The van der Waals surface area contributed by atoms with E-state index in [-0.39, 0.29) is 24.0 Å². The highest BCUT2D eigenvalue weighted by Gasteiger charge is 2.09. The number of hydrogen-bond acceptors (Lipinski definition) is 5. The summed E-state index contributed by atoms with van der Waals surface area (Å²) in [4.78, 5) is 10.6. The smallest absolute Gasteiger partial charge is 0.218 e. The first-order valence-corrected chi connectivity index (χ1v) is 9.37. The van der Waals surface area contributed by atoms with E-state index < -0.39 is 0 Å². The van der Waals surface area contributed by atoms with Gasteiger partial charge in [0.25, 0.3) is 0 Å². The molecule has 0 aliphatic carbocycles. The summed E-state index contributed by atoms with van der Waals surface area (Å²) in [7, 11) is 5.35. The van der Waals surface area contributed by atoms with Gasteiger partial charge >= 0.3 is 0 Å². The SMILES string of the molecule is CN=C(NCc1cccnc1OCCOC)N(C)CCOc1ccc(Cl)cc1.I. The number of pyridine rings is 1. The molecule has 0 amide bonds. The van der Waals surface area contributed by atoms with E-state index in [1.807, 2.05) is 36.2 Å². The van der Waals surface area contributed by atoms with Gasteiger partial charge in [-0.25, -0.2) is 4.98 Å². The predicted octanol–water partition coefficient (Wildman–Crippen LogP) is 3.46. The lowest BCUT2D eigenvalue weighted by molar-refractivity contribution is 0.143. The normalized spacial score (nSPS) is 10.8. The molecule has 0 radical (unpaired) electrons. The maximum Gasteiger partial charge on any atom is 0.218 e. The number of guanidine groups is 1. The zero-order valence-electron chi connectivity index (χ0n) is 16.9. The second kappa shape index (κ2) is 14.2. The minimum Gasteiger partial charge on any atom is -0.492 e. The Labute approximate surface area is 194 Å². The van der Waals surface area contributed by atoms with Crippen LogP contribution in [0.15, 0.2) is 47.6 Å². The van der Waals surface area contributed by atoms with Gasteiger partial charge < -0.3 is 24.4 Å². The van der Waals surface area contributed by atoms with Crippen LogP contribution in [0, 0.1) is 0 Å². The summed E-state index contributed by atoms with van der Waals surface area (Å²) in [5.41, 5.74) is 0.950. The lowest BCUT2D eigenvalue weighted by Gasteiger charge is -2.22. The van der Waals surface area contributed by atoms with Gasteiger partial charge in [-0.05, 0) is 30.3 Å². The van der Waals surface area contributed by atoms with Crippen LogP contribution >= 0.6 is 35.6 Å². The molecule has 160 valence electrons. The van der Waals surface area contributed by atoms with Crippen LogP contribution in [-0.2, 0) is 11.3 Å². The van der Waals surface area contributed by atoms with Crippen molar-refractivity contribution in [3.8, 4) is 11.6 Å². The molecule has 0 unspecified atom stereocenters. The molecule has 0 aliphatic heterocycles. The van der Waals surface area contributed by atoms with Crippen molar-refractivity contribution >= 4 is 41.5 Å². The van der Waals surface area contributed by atoms with Gasteiger partial charge in [-0.2, -0.15) is 0 Å². The van der Waals surface area contributed by atoms with E-state index in [9.17, 15) is 0 Å². The van der Waals surface area contributed by atoms with Crippen molar-refractivity contribution in [1.82, 2.24) is 15.2 Å². The Morgan fingerprint density at radius 3 is 2.59 bits per heavy atom. The number of methoxy groups -OCH3 is 1. The standard InChI is InChI=1S/C20H27ClN4O3.HI/c1-22-20(25(2)11-12-27-18-8-6-17(21)7-9-18)24-15-16-5-4-10-23-19(16)28-14-13-26-3;/h4-10H,11-15H2,1-3H3,(H,22,24);1H. The Morgan fingerprint density at radius 1 is 1.14 bits per heavy atom. The third-order valence-electron chi connectivity index (χ3n) is 3.90. The highest BCUT2D eigenvalue weighted by Crippen LogP contribution is 2.16. The summed E-state index contributed by atoms with van der Waals surface area (Å²) in [5.74, 6) is 2.14. The van der Waals surface area contributed by atoms with Crippen molar-refractivity contribution < 1.29 is 14.2 Å².